The number of azo groups is 1. The van der Waals surface area contributed by atoms with E-state index in [0.29, 0.717) is 5.69 Å². The molecule has 1 aliphatic carbocycles. The molecule has 0 aliphatic heterocycles. The molecule has 0 heterocycles. The van der Waals surface area contributed by atoms with E-state index in [9.17, 15) is 20.0 Å². The summed E-state index contributed by atoms with van der Waals surface area (Å²) in [5.74, 6) is -1.58. The van der Waals surface area contributed by atoms with Crippen LogP contribution in [0.1, 0.15) is 0 Å². The molecular formula is C13H11N3O5. The van der Waals surface area contributed by atoms with Gasteiger partial charge in [0, 0.05) is 6.08 Å². The molecule has 0 radical (unpaired) electrons. The highest BCUT2D eigenvalue weighted by molar-refractivity contribution is 5.89. The number of hydrogen-bond donors (Lipinski definition) is 2. The van der Waals surface area contributed by atoms with Crippen molar-refractivity contribution < 1.29 is 19.9 Å². The predicted molar refractivity (Wildman–Crippen MR) is 71.5 cm³/mol. The van der Waals surface area contributed by atoms with Gasteiger partial charge in [-0.25, -0.2) is 4.79 Å². The van der Waals surface area contributed by atoms with Crippen molar-refractivity contribution in [2.75, 3.05) is 0 Å². The van der Waals surface area contributed by atoms with Gasteiger partial charge < -0.3 is 10.2 Å². The standard InChI is InChI=1S/C13H11N3O5/c17-12(18)11-8-10(6-7-13(11,19)16(20)21)15-14-9-4-2-1-3-5-9/h1-8,10,19H,(H,17,18). The predicted octanol–water partition coefficient (Wildman–Crippen LogP) is 1.68. The molecule has 2 N–H and O–H groups in total. The van der Waals surface area contributed by atoms with Gasteiger partial charge >= 0.3 is 11.7 Å². The Hall–Kier alpha value is -2.87. The van der Waals surface area contributed by atoms with Crippen LogP contribution in [0.3, 0.4) is 0 Å². The maximum atomic E-state index is 11.1. The first-order valence-corrected chi connectivity index (χ1v) is 5.91. The molecular weight excluding hydrogens is 278 g/mol. The number of rotatable bonds is 4. The number of aliphatic hydroxyl groups is 1. The maximum Gasteiger partial charge on any atom is 0.375 e. The van der Waals surface area contributed by atoms with Crippen LogP contribution < -0.4 is 0 Å². The van der Waals surface area contributed by atoms with Gasteiger partial charge in [-0.1, -0.05) is 18.2 Å². The number of aliphatic carboxylic acids is 1. The Bertz CT molecular complexity index is 653. The summed E-state index contributed by atoms with van der Waals surface area (Å²) in [5, 5.41) is 37.4. The molecule has 0 amide bonds. The number of nitro groups is 1. The molecule has 1 aromatic rings. The van der Waals surface area contributed by atoms with E-state index in [4.69, 9.17) is 5.11 Å². The summed E-state index contributed by atoms with van der Waals surface area (Å²) < 4.78 is 0. The molecule has 0 spiro atoms. The zero-order chi connectivity index (χ0) is 15.5. The summed E-state index contributed by atoms with van der Waals surface area (Å²) in [6.45, 7) is 0. The van der Waals surface area contributed by atoms with Crippen molar-refractivity contribution in [3.8, 4) is 0 Å². The quantitative estimate of drug-likeness (QED) is 0.287. The zero-order valence-corrected chi connectivity index (χ0v) is 10.7. The van der Waals surface area contributed by atoms with E-state index in [2.05, 4.69) is 10.2 Å². The van der Waals surface area contributed by atoms with E-state index >= 15 is 0 Å². The van der Waals surface area contributed by atoms with Crippen molar-refractivity contribution in [3.63, 3.8) is 0 Å². The lowest BCUT2D eigenvalue weighted by atomic mass is 9.95. The largest absolute Gasteiger partial charge is 0.478 e. The van der Waals surface area contributed by atoms with Crippen molar-refractivity contribution in [2.45, 2.75) is 11.8 Å². The van der Waals surface area contributed by atoms with Crippen LogP contribution in [0.4, 0.5) is 5.69 Å². The van der Waals surface area contributed by atoms with E-state index in [0.717, 1.165) is 12.2 Å². The van der Waals surface area contributed by atoms with Gasteiger partial charge in [0.15, 0.2) is 0 Å². The number of carboxylic acid groups (broad SMARTS) is 1. The Morgan fingerprint density at radius 2 is 2.00 bits per heavy atom. The molecule has 8 nitrogen and oxygen atoms in total. The Balaban J connectivity index is 2.27. The van der Waals surface area contributed by atoms with Crippen LogP contribution >= 0.6 is 0 Å². The van der Waals surface area contributed by atoms with Crippen LogP contribution in [0.2, 0.25) is 0 Å². The lowest BCUT2D eigenvalue weighted by Crippen LogP contribution is -2.43. The van der Waals surface area contributed by atoms with Gasteiger partial charge in [0.2, 0.25) is 0 Å². The molecule has 1 aliphatic rings. The van der Waals surface area contributed by atoms with Gasteiger partial charge in [-0.15, -0.1) is 0 Å². The first-order chi connectivity index (χ1) is 9.93. The zero-order valence-electron chi connectivity index (χ0n) is 10.7. The normalized spacial score (nSPS) is 24.8. The van der Waals surface area contributed by atoms with E-state index in [1.165, 1.54) is 6.08 Å². The molecule has 0 saturated carbocycles. The number of carbonyl (C=O) groups is 1. The van der Waals surface area contributed by atoms with Gasteiger partial charge in [-0.3, -0.25) is 10.1 Å². The molecule has 0 bridgehead atoms. The molecule has 0 saturated heterocycles. The lowest BCUT2D eigenvalue weighted by Gasteiger charge is -2.20. The van der Waals surface area contributed by atoms with Gasteiger partial charge in [-0.2, -0.15) is 10.2 Å². The number of hydrogen-bond acceptors (Lipinski definition) is 6. The van der Waals surface area contributed by atoms with Crippen molar-refractivity contribution in [1.82, 2.24) is 0 Å². The Kier molecular flexibility index (Phi) is 3.90. The lowest BCUT2D eigenvalue weighted by molar-refractivity contribution is -0.594. The fourth-order valence-electron chi connectivity index (χ4n) is 1.76. The third kappa shape index (κ3) is 3.00. The van der Waals surface area contributed by atoms with Gasteiger partial charge in [0.25, 0.3) is 0 Å². The van der Waals surface area contributed by atoms with Crippen LogP contribution in [-0.4, -0.2) is 32.9 Å². The SMILES string of the molecule is O=C(O)C1=CC(N=Nc2ccccc2)C=CC1(O)[N+](=O)[O-]. The van der Waals surface area contributed by atoms with Gasteiger partial charge in [-0.05, 0) is 24.3 Å². The van der Waals surface area contributed by atoms with Gasteiger partial charge in [0.1, 0.15) is 11.6 Å². The third-order valence-electron chi connectivity index (χ3n) is 2.83. The number of benzene rings is 1. The van der Waals surface area contributed by atoms with Gasteiger partial charge in [0.05, 0.1) is 10.6 Å². The van der Waals surface area contributed by atoms with Crippen molar-refractivity contribution in [3.05, 3.63) is 64.2 Å². The average Bonchev–Trinajstić information content (AvgIpc) is 2.47. The van der Waals surface area contributed by atoms with Crippen molar-refractivity contribution in [2.24, 2.45) is 10.2 Å². The van der Waals surface area contributed by atoms with Crippen LogP contribution in [0.25, 0.3) is 0 Å². The maximum absolute atomic E-state index is 11.1. The highest BCUT2D eigenvalue weighted by atomic mass is 16.7. The summed E-state index contributed by atoms with van der Waals surface area (Å²) in [5.41, 5.74) is -2.94. The summed E-state index contributed by atoms with van der Waals surface area (Å²) in [6, 6.07) is 7.93. The molecule has 21 heavy (non-hydrogen) atoms. The number of nitrogens with zero attached hydrogens (tertiary/aromatic N) is 3. The molecule has 2 rings (SSSR count). The van der Waals surface area contributed by atoms with E-state index in [1.54, 1.807) is 30.3 Å². The monoisotopic (exact) mass is 289 g/mol. The van der Waals surface area contributed by atoms with Crippen molar-refractivity contribution >= 4 is 11.7 Å². The van der Waals surface area contributed by atoms with Crippen LogP contribution in [-0.2, 0) is 4.79 Å². The smallest absolute Gasteiger partial charge is 0.375 e. The average molecular weight is 289 g/mol. The number of carboxylic acids is 1. The molecule has 2 atom stereocenters. The minimum atomic E-state index is -2.75. The second kappa shape index (κ2) is 5.63. The van der Waals surface area contributed by atoms with E-state index in [-0.39, 0.29) is 0 Å². The summed E-state index contributed by atoms with van der Waals surface area (Å²) in [6.07, 6.45) is 3.02. The highest BCUT2D eigenvalue weighted by Gasteiger charge is 2.48. The van der Waals surface area contributed by atoms with Crippen LogP contribution in [0, 0.1) is 10.1 Å². The van der Waals surface area contributed by atoms with E-state index < -0.39 is 28.2 Å². The summed E-state index contributed by atoms with van der Waals surface area (Å²) >= 11 is 0. The molecule has 0 aromatic heterocycles. The minimum Gasteiger partial charge on any atom is -0.478 e. The topological polar surface area (TPSA) is 125 Å². The van der Waals surface area contributed by atoms with Crippen LogP contribution in [0.5, 0.6) is 0 Å². The molecule has 0 fully saturated rings. The van der Waals surface area contributed by atoms with Crippen LogP contribution in [0.15, 0.2) is 64.4 Å². The fourth-order valence-corrected chi connectivity index (χ4v) is 1.76. The molecule has 2 unspecified atom stereocenters. The molecule has 1 aromatic carbocycles. The molecule has 108 valence electrons. The minimum absolute atomic E-state index is 0.561. The first kappa shape index (κ1) is 14.5. The Morgan fingerprint density at radius 3 is 2.57 bits per heavy atom. The summed E-state index contributed by atoms with van der Waals surface area (Å²) in [4.78, 5) is 20.8. The summed E-state index contributed by atoms with van der Waals surface area (Å²) in [7, 11) is 0. The first-order valence-electron chi connectivity index (χ1n) is 5.91. The molecule has 8 heteroatoms. The Morgan fingerprint density at radius 1 is 1.33 bits per heavy atom. The van der Waals surface area contributed by atoms with Crippen molar-refractivity contribution in [1.29, 1.82) is 0 Å². The van der Waals surface area contributed by atoms with E-state index in [1.807, 2.05) is 0 Å². The second-order valence-corrected chi connectivity index (χ2v) is 4.27. The second-order valence-electron chi connectivity index (χ2n) is 4.27. The fraction of sp³-hybridized carbons (Fsp3) is 0.154. The Labute approximate surface area is 118 Å². The highest BCUT2D eigenvalue weighted by Crippen LogP contribution is 2.26. The third-order valence-corrected chi connectivity index (χ3v) is 2.83.